The topological polar surface area (TPSA) is 83.2 Å². The molecular formula is C14H12ClF2N5O. The zero-order valence-electron chi connectivity index (χ0n) is 11.7. The standard InChI is InChI=1S/C14H12ClF2N5O/c15-12-2-1-9(5-11(12)14(16)17)20-6-10(22-18)7-23-13-3-4-19-8-21-13/h1-6,8,14,18,20H,7H2/b10-6-,22-18?. The first-order valence-corrected chi connectivity index (χ1v) is 6.77. The van der Waals surface area contributed by atoms with Gasteiger partial charge in [0.1, 0.15) is 18.6 Å². The van der Waals surface area contributed by atoms with Gasteiger partial charge in [0.15, 0.2) is 0 Å². The van der Waals surface area contributed by atoms with Crippen molar-refractivity contribution >= 4 is 17.3 Å². The number of nitrogens with zero attached hydrogens (tertiary/aromatic N) is 3. The van der Waals surface area contributed by atoms with Crippen molar-refractivity contribution in [3.63, 3.8) is 0 Å². The Hall–Kier alpha value is -2.61. The molecule has 23 heavy (non-hydrogen) atoms. The summed E-state index contributed by atoms with van der Waals surface area (Å²) in [5.74, 6) is 0.334. The van der Waals surface area contributed by atoms with Gasteiger partial charge < -0.3 is 10.1 Å². The summed E-state index contributed by atoms with van der Waals surface area (Å²) in [6.07, 6.45) is 1.55. The molecule has 2 rings (SSSR count). The maximum Gasteiger partial charge on any atom is 0.265 e. The fourth-order valence-corrected chi connectivity index (χ4v) is 1.79. The second-order valence-electron chi connectivity index (χ2n) is 4.27. The quantitative estimate of drug-likeness (QED) is 0.731. The second kappa shape index (κ2) is 8.14. The molecule has 1 aromatic carbocycles. The molecule has 0 saturated carbocycles. The van der Waals surface area contributed by atoms with Crippen LogP contribution in [0, 0.1) is 5.53 Å². The number of rotatable bonds is 7. The molecule has 0 aliphatic rings. The van der Waals surface area contributed by atoms with E-state index < -0.39 is 6.43 Å². The molecule has 6 nitrogen and oxygen atoms in total. The Balaban J connectivity index is 2.02. The van der Waals surface area contributed by atoms with Gasteiger partial charge in [-0.25, -0.2) is 24.3 Å². The van der Waals surface area contributed by atoms with Crippen molar-refractivity contribution in [2.75, 3.05) is 11.9 Å². The highest BCUT2D eigenvalue weighted by molar-refractivity contribution is 6.31. The summed E-state index contributed by atoms with van der Waals surface area (Å²) in [5, 5.41) is 6.07. The van der Waals surface area contributed by atoms with Crippen molar-refractivity contribution in [3.05, 3.63) is 59.3 Å². The lowest BCUT2D eigenvalue weighted by atomic mass is 10.2. The average Bonchev–Trinajstić information content (AvgIpc) is 2.57. The van der Waals surface area contributed by atoms with E-state index in [9.17, 15) is 8.78 Å². The summed E-state index contributed by atoms with van der Waals surface area (Å²) in [6, 6.07) is 5.70. The molecule has 0 radical (unpaired) electrons. The number of halogens is 3. The van der Waals surface area contributed by atoms with Gasteiger partial charge in [0.25, 0.3) is 6.43 Å². The summed E-state index contributed by atoms with van der Waals surface area (Å²) in [5.41, 5.74) is 7.47. The maximum atomic E-state index is 12.8. The fourth-order valence-electron chi connectivity index (χ4n) is 1.59. The number of ether oxygens (including phenoxy) is 1. The summed E-state index contributed by atoms with van der Waals surface area (Å²) < 4.78 is 30.9. The van der Waals surface area contributed by atoms with Crippen LogP contribution in [0.3, 0.4) is 0 Å². The number of nitrogens with one attached hydrogen (secondary N) is 2. The van der Waals surface area contributed by atoms with Crippen LogP contribution in [0.25, 0.3) is 0 Å². The van der Waals surface area contributed by atoms with Crippen LogP contribution >= 0.6 is 11.6 Å². The normalized spacial score (nSPS) is 11.4. The molecule has 1 aromatic heterocycles. The summed E-state index contributed by atoms with van der Waals surface area (Å²) in [4.78, 5) is 7.61. The van der Waals surface area contributed by atoms with Gasteiger partial charge in [-0.2, -0.15) is 5.11 Å². The van der Waals surface area contributed by atoms with Crippen molar-refractivity contribution in [1.29, 1.82) is 5.53 Å². The Morgan fingerprint density at radius 3 is 2.91 bits per heavy atom. The molecule has 0 atom stereocenters. The molecule has 0 amide bonds. The number of alkyl halides is 2. The third-order valence-electron chi connectivity index (χ3n) is 2.70. The van der Waals surface area contributed by atoms with Crippen molar-refractivity contribution in [1.82, 2.24) is 9.97 Å². The van der Waals surface area contributed by atoms with Gasteiger partial charge in [-0.05, 0) is 18.2 Å². The molecular weight excluding hydrogens is 328 g/mol. The highest BCUT2D eigenvalue weighted by Gasteiger charge is 2.12. The van der Waals surface area contributed by atoms with Crippen molar-refractivity contribution < 1.29 is 13.5 Å². The third kappa shape index (κ3) is 4.96. The van der Waals surface area contributed by atoms with E-state index in [0.29, 0.717) is 11.6 Å². The molecule has 120 valence electrons. The van der Waals surface area contributed by atoms with E-state index in [0.717, 1.165) is 0 Å². The average molecular weight is 340 g/mol. The minimum Gasteiger partial charge on any atom is -0.471 e. The van der Waals surface area contributed by atoms with Crippen LogP contribution in [0.2, 0.25) is 5.02 Å². The highest BCUT2D eigenvalue weighted by atomic mass is 35.5. The molecule has 9 heteroatoms. The minimum atomic E-state index is -2.67. The summed E-state index contributed by atoms with van der Waals surface area (Å²) in [6.45, 7) is -0.0111. The molecule has 2 aromatic rings. The molecule has 0 saturated heterocycles. The van der Waals surface area contributed by atoms with Gasteiger partial charge in [-0.15, -0.1) is 0 Å². The predicted molar refractivity (Wildman–Crippen MR) is 80.8 cm³/mol. The van der Waals surface area contributed by atoms with E-state index >= 15 is 0 Å². The Morgan fingerprint density at radius 2 is 2.26 bits per heavy atom. The van der Waals surface area contributed by atoms with Crippen LogP contribution in [0.1, 0.15) is 12.0 Å². The SMILES string of the molecule is N=N/C(=C\Nc1ccc(Cl)c(C(F)F)c1)COc1ccncn1. The predicted octanol–water partition coefficient (Wildman–Crippen LogP) is 4.43. The van der Waals surface area contributed by atoms with E-state index in [1.807, 2.05) is 0 Å². The van der Waals surface area contributed by atoms with Crippen LogP contribution in [0.4, 0.5) is 14.5 Å². The van der Waals surface area contributed by atoms with E-state index in [4.69, 9.17) is 21.9 Å². The fraction of sp³-hybridized carbons (Fsp3) is 0.143. The van der Waals surface area contributed by atoms with Crippen LogP contribution in [-0.4, -0.2) is 16.6 Å². The number of aromatic nitrogens is 2. The highest BCUT2D eigenvalue weighted by Crippen LogP contribution is 2.29. The van der Waals surface area contributed by atoms with Crippen LogP contribution < -0.4 is 10.1 Å². The maximum absolute atomic E-state index is 12.8. The molecule has 2 N–H and O–H groups in total. The lowest BCUT2D eigenvalue weighted by molar-refractivity contribution is 0.151. The summed E-state index contributed by atoms with van der Waals surface area (Å²) in [7, 11) is 0. The van der Waals surface area contributed by atoms with Gasteiger partial charge in [-0.3, -0.25) is 0 Å². The molecule has 0 fully saturated rings. The monoisotopic (exact) mass is 339 g/mol. The Morgan fingerprint density at radius 1 is 1.43 bits per heavy atom. The molecule has 1 heterocycles. The van der Waals surface area contributed by atoms with Gasteiger partial charge >= 0.3 is 0 Å². The number of benzene rings is 1. The van der Waals surface area contributed by atoms with Gasteiger partial charge in [0, 0.05) is 34.7 Å². The third-order valence-corrected chi connectivity index (χ3v) is 3.05. The van der Waals surface area contributed by atoms with E-state index in [2.05, 4.69) is 20.4 Å². The molecule has 0 unspecified atom stereocenters. The second-order valence-corrected chi connectivity index (χ2v) is 4.67. The first kappa shape index (κ1) is 16.8. The van der Waals surface area contributed by atoms with E-state index in [1.54, 1.807) is 6.07 Å². The van der Waals surface area contributed by atoms with Crippen LogP contribution in [0.5, 0.6) is 5.88 Å². The van der Waals surface area contributed by atoms with Crippen molar-refractivity contribution in [3.8, 4) is 5.88 Å². The lowest BCUT2D eigenvalue weighted by Crippen LogP contribution is -2.03. The van der Waals surface area contributed by atoms with Gasteiger partial charge in [0.05, 0.1) is 0 Å². The van der Waals surface area contributed by atoms with Crippen LogP contribution in [-0.2, 0) is 0 Å². The van der Waals surface area contributed by atoms with E-state index in [1.165, 1.54) is 36.9 Å². The molecule has 0 aliphatic carbocycles. The first-order valence-electron chi connectivity index (χ1n) is 6.39. The van der Waals surface area contributed by atoms with Gasteiger partial charge in [-0.1, -0.05) is 11.6 Å². The van der Waals surface area contributed by atoms with Crippen LogP contribution in [0.15, 0.2) is 53.8 Å². The molecule has 0 bridgehead atoms. The van der Waals surface area contributed by atoms with Crippen molar-refractivity contribution in [2.24, 2.45) is 5.11 Å². The zero-order valence-corrected chi connectivity index (χ0v) is 12.5. The number of anilines is 1. The Labute approximate surface area is 135 Å². The number of hydrogen-bond acceptors (Lipinski definition) is 6. The summed E-state index contributed by atoms with van der Waals surface area (Å²) >= 11 is 5.69. The van der Waals surface area contributed by atoms with E-state index in [-0.39, 0.29) is 22.9 Å². The zero-order chi connectivity index (χ0) is 16.7. The molecule has 0 aliphatic heterocycles. The molecule has 0 spiro atoms. The first-order chi connectivity index (χ1) is 11.1. The van der Waals surface area contributed by atoms with Gasteiger partial charge in [0.2, 0.25) is 5.88 Å². The smallest absolute Gasteiger partial charge is 0.265 e. The largest absolute Gasteiger partial charge is 0.471 e. The lowest BCUT2D eigenvalue weighted by Gasteiger charge is -2.08. The Kier molecular flexibility index (Phi) is 5.93. The Bertz CT molecular complexity index is 697. The van der Waals surface area contributed by atoms with Crippen molar-refractivity contribution in [2.45, 2.75) is 6.43 Å². The minimum absolute atomic E-state index is 0.00738. The number of hydrogen-bond donors (Lipinski definition) is 2.